The lowest BCUT2D eigenvalue weighted by Crippen LogP contribution is -2.21. The molecule has 2 aromatic carbocycles. The van der Waals surface area contributed by atoms with Crippen molar-refractivity contribution in [2.24, 2.45) is 0 Å². The van der Waals surface area contributed by atoms with Gasteiger partial charge >= 0.3 is 0 Å². The first-order chi connectivity index (χ1) is 16.5. The van der Waals surface area contributed by atoms with E-state index in [9.17, 15) is 14.4 Å². The van der Waals surface area contributed by atoms with Crippen LogP contribution in [0.1, 0.15) is 40.5 Å². The molecule has 1 amide bonds. The monoisotopic (exact) mass is 456 g/mol. The van der Waals surface area contributed by atoms with Crippen molar-refractivity contribution in [3.63, 3.8) is 0 Å². The van der Waals surface area contributed by atoms with E-state index in [0.717, 1.165) is 12.8 Å². The van der Waals surface area contributed by atoms with Gasteiger partial charge < -0.3 is 14.6 Å². The molecule has 0 aliphatic carbocycles. The molecule has 0 saturated carbocycles. The molecule has 5 rings (SSSR count). The SMILES string of the molecule is CC(=O)c1cccc(NC(=O)c2cn(C[C@@H]3CCCO3)cc3c(=O)n(-c4ccccc4)nc2-3)c1. The molecule has 1 atom stereocenters. The molecule has 3 heterocycles. The summed E-state index contributed by atoms with van der Waals surface area (Å²) in [6.07, 6.45) is 5.39. The molecule has 1 fully saturated rings. The molecule has 8 nitrogen and oxygen atoms in total. The Labute approximate surface area is 196 Å². The van der Waals surface area contributed by atoms with Crippen LogP contribution in [-0.4, -0.2) is 38.7 Å². The molecular weight excluding hydrogens is 432 g/mol. The maximum Gasteiger partial charge on any atom is 0.282 e. The summed E-state index contributed by atoms with van der Waals surface area (Å²) in [5.41, 5.74) is 2.26. The third-order valence-corrected chi connectivity index (χ3v) is 5.93. The molecule has 8 heteroatoms. The summed E-state index contributed by atoms with van der Waals surface area (Å²) in [7, 11) is 0. The summed E-state index contributed by atoms with van der Waals surface area (Å²) >= 11 is 0. The van der Waals surface area contributed by atoms with Gasteiger partial charge in [-0.15, -0.1) is 0 Å². The third-order valence-electron chi connectivity index (χ3n) is 5.93. The molecule has 3 aliphatic heterocycles. The van der Waals surface area contributed by atoms with Gasteiger partial charge in [-0.2, -0.15) is 9.78 Å². The maximum atomic E-state index is 13.4. The fourth-order valence-corrected chi connectivity index (χ4v) is 4.21. The number of fused-ring (bicyclic) bond motifs is 1. The zero-order chi connectivity index (χ0) is 23.7. The van der Waals surface area contributed by atoms with Gasteiger partial charge in [0, 0.05) is 36.8 Å². The zero-order valence-corrected chi connectivity index (χ0v) is 18.7. The number of carbonyl (C=O) groups is 2. The second-order valence-corrected chi connectivity index (χ2v) is 8.41. The normalized spacial score (nSPS) is 15.5. The Morgan fingerprint density at radius 1 is 1.12 bits per heavy atom. The second kappa shape index (κ2) is 9.07. The van der Waals surface area contributed by atoms with Crippen molar-refractivity contribution in [1.29, 1.82) is 0 Å². The Bertz CT molecular complexity index is 1380. The lowest BCUT2D eigenvalue weighted by molar-refractivity contribution is 0.0961. The maximum absolute atomic E-state index is 13.4. The molecule has 1 N–H and O–H groups in total. The number of hydrogen-bond acceptors (Lipinski definition) is 5. The van der Waals surface area contributed by atoms with Crippen LogP contribution in [0.5, 0.6) is 0 Å². The van der Waals surface area contributed by atoms with Crippen LogP contribution in [0.4, 0.5) is 5.69 Å². The van der Waals surface area contributed by atoms with E-state index >= 15 is 0 Å². The minimum Gasteiger partial charge on any atom is -0.376 e. The molecule has 0 bridgehead atoms. The van der Waals surface area contributed by atoms with Crippen LogP contribution in [0.15, 0.2) is 71.8 Å². The highest BCUT2D eigenvalue weighted by Crippen LogP contribution is 2.25. The van der Waals surface area contributed by atoms with Crippen molar-refractivity contribution in [1.82, 2.24) is 14.3 Å². The average Bonchev–Trinajstić information content (AvgIpc) is 3.47. The number of ketones is 1. The highest BCUT2D eigenvalue weighted by Gasteiger charge is 2.26. The van der Waals surface area contributed by atoms with Crippen molar-refractivity contribution < 1.29 is 14.3 Å². The van der Waals surface area contributed by atoms with E-state index in [4.69, 9.17) is 4.74 Å². The second-order valence-electron chi connectivity index (χ2n) is 8.41. The molecular formula is C26H24N4O4. The van der Waals surface area contributed by atoms with Crippen LogP contribution in [0.25, 0.3) is 16.9 Å². The molecule has 0 radical (unpaired) electrons. The lowest BCUT2D eigenvalue weighted by Gasteiger charge is -2.16. The van der Waals surface area contributed by atoms with Gasteiger partial charge in [0.05, 0.1) is 22.9 Å². The Balaban J connectivity index is 1.58. The summed E-state index contributed by atoms with van der Waals surface area (Å²) in [5.74, 6) is -0.504. The van der Waals surface area contributed by atoms with E-state index in [0.29, 0.717) is 41.3 Å². The Hall–Kier alpha value is -4.04. The van der Waals surface area contributed by atoms with Crippen LogP contribution in [-0.2, 0) is 11.3 Å². The van der Waals surface area contributed by atoms with Gasteiger partial charge in [-0.25, -0.2) is 0 Å². The number of para-hydroxylation sites is 1. The zero-order valence-electron chi connectivity index (χ0n) is 18.7. The predicted octanol–water partition coefficient (Wildman–Crippen LogP) is 3.77. The van der Waals surface area contributed by atoms with Gasteiger partial charge in [-0.05, 0) is 44.0 Å². The molecule has 1 saturated heterocycles. The number of ether oxygens (including phenoxy) is 1. The van der Waals surface area contributed by atoms with Crippen LogP contribution in [0.2, 0.25) is 0 Å². The van der Waals surface area contributed by atoms with Crippen LogP contribution < -0.4 is 10.9 Å². The largest absolute Gasteiger partial charge is 0.376 e. The number of Topliss-reactive ketones (excluding diaryl/α,β-unsaturated/α-hetero) is 1. The lowest BCUT2D eigenvalue weighted by atomic mass is 10.1. The average molecular weight is 457 g/mol. The number of nitrogens with zero attached hydrogens (tertiary/aromatic N) is 3. The van der Waals surface area contributed by atoms with Gasteiger partial charge in [0.15, 0.2) is 5.78 Å². The molecule has 172 valence electrons. The number of benzene rings is 2. The standard InChI is InChI=1S/C26H24N4O4/c1-17(31)18-7-5-8-19(13-18)27-25(32)22-15-29(14-21-11-6-12-34-21)16-23-24(22)28-30(26(23)33)20-9-3-2-4-10-20/h2-5,7-10,13,15-16,21H,6,11-12,14H2,1H3,(H,27,32)/t21-/m0/s1. The Morgan fingerprint density at radius 3 is 2.68 bits per heavy atom. The molecule has 0 spiro atoms. The number of pyridine rings is 1. The van der Waals surface area contributed by atoms with Crippen LogP contribution in [0, 0.1) is 0 Å². The Morgan fingerprint density at radius 2 is 1.94 bits per heavy atom. The fourth-order valence-electron chi connectivity index (χ4n) is 4.21. The van der Waals surface area contributed by atoms with Crippen LogP contribution in [0.3, 0.4) is 0 Å². The van der Waals surface area contributed by atoms with Gasteiger partial charge in [0.1, 0.15) is 5.69 Å². The van der Waals surface area contributed by atoms with E-state index in [1.54, 1.807) is 48.8 Å². The van der Waals surface area contributed by atoms with Crippen molar-refractivity contribution in [2.75, 3.05) is 11.9 Å². The van der Waals surface area contributed by atoms with E-state index in [-0.39, 0.29) is 23.0 Å². The predicted molar refractivity (Wildman–Crippen MR) is 128 cm³/mol. The molecule has 0 unspecified atom stereocenters. The summed E-state index contributed by atoms with van der Waals surface area (Å²) in [6.45, 7) is 2.72. The Kier molecular flexibility index (Phi) is 5.81. The van der Waals surface area contributed by atoms with Crippen molar-refractivity contribution in [3.05, 3.63) is 88.5 Å². The topological polar surface area (TPSA) is 95.2 Å². The smallest absolute Gasteiger partial charge is 0.282 e. The minimum absolute atomic E-state index is 0.0323. The number of aromatic nitrogens is 3. The summed E-state index contributed by atoms with van der Waals surface area (Å²) < 4.78 is 8.90. The van der Waals surface area contributed by atoms with Gasteiger partial charge in [0.25, 0.3) is 11.5 Å². The number of amides is 1. The number of carbonyl (C=O) groups excluding carboxylic acids is 2. The molecule has 2 aromatic rings. The highest BCUT2D eigenvalue weighted by molar-refractivity contribution is 6.08. The van der Waals surface area contributed by atoms with Crippen molar-refractivity contribution >= 4 is 17.4 Å². The first-order valence-electron chi connectivity index (χ1n) is 11.2. The number of nitrogens with one attached hydrogen (secondary N) is 1. The van der Waals surface area contributed by atoms with E-state index in [1.807, 2.05) is 22.8 Å². The number of anilines is 1. The van der Waals surface area contributed by atoms with Gasteiger partial charge in [-0.1, -0.05) is 30.3 Å². The van der Waals surface area contributed by atoms with Gasteiger partial charge in [0.2, 0.25) is 0 Å². The van der Waals surface area contributed by atoms with Crippen LogP contribution >= 0.6 is 0 Å². The molecule has 34 heavy (non-hydrogen) atoms. The first kappa shape index (κ1) is 21.8. The first-order valence-corrected chi connectivity index (χ1v) is 11.2. The highest BCUT2D eigenvalue weighted by atomic mass is 16.5. The summed E-state index contributed by atoms with van der Waals surface area (Å²) in [6, 6.07) is 15.9. The molecule has 3 aliphatic rings. The summed E-state index contributed by atoms with van der Waals surface area (Å²) in [4.78, 5) is 38.4. The summed E-state index contributed by atoms with van der Waals surface area (Å²) in [5, 5.41) is 7.36. The van der Waals surface area contributed by atoms with E-state index in [1.165, 1.54) is 11.6 Å². The fraction of sp³-hybridized carbons (Fsp3) is 0.231. The third kappa shape index (κ3) is 4.27. The van der Waals surface area contributed by atoms with Crippen molar-refractivity contribution in [2.45, 2.75) is 32.4 Å². The number of rotatable bonds is 6. The van der Waals surface area contributed by atoms with E-state index < -0.39 is 5.91 Å². The van der Waals surface area contributed by atoms with Crippen molar-refractivity contribution in [3.8, 4) is 16.9 Å². The van der Waals surface area contributed by atoms with Gasteiger partial charge in [-0.3, -0.25) is 14.4 Å². The quantitative estimate of drug-likeness (QED) is 0.446. The number of hydrogen-bond donors (Lipinski definition) is 1. The van der Waals surface area contributed by atoms with E-state index in [2.05, 4.69) is 10.4 Å². The minimum atomic E-state index is -0.412. The molecule has 0 aromatic heterocycles.